The molecule has 3 rings (SSSR count). The molecule has 1 aliphatic heterocycles. The molecule has 0 radical (unpaired) electrons. The molecule has 1 aliphatic rings. The van der Waals surface area contributed by atoms with Crippen LogP contribution in [0.3, 0.4) is 0 Å². The number of urea groups is 1. The number of ether oxygens (including phenoxy) is 1. The first kappa shape index (κ1) is 13.8. The average molecular weight is 304 g/mol. The Balaban J connectivity index is 1.46. The van der Waals surface area contributed by atoms with Crippen LogP contribution in [0.2, 0.25) is 0 Å². The van der Waals surface area contributed by atoms with E-state index in [0.29, 0.717) is 25.5 Å². The lowest BCUT2D eigenvalue weighted by Crippen LogP contribution is -2.38. The molecule has 2 aromatic rings. The third-order valence-corrected chi connectivity index (χ3v) is 4.13. The van der Waals surface area contributed by atoms with Gasteiger partial charge in [-0.25, -0.2) is 9.78 Å². The van der Waals surface area contributed by atoms with Crippen molar-refractivity contribution in [1.29, 1.82) is 0 Å². The molecular weight excluding hydrogens is 288 g/mol. The van der Waals surface area contributed by atoms with Gasteiger partial charge in [0.2, 0.25) is 5.88 Å². The molecule has 7 heteroatoms. The van der Waals surface area contributed by atoms with Gasteiger partial charge in [0.25, 0.3) is 0 Å². The summed E-state index contributed by atoms with van der Waals surface area (Å²) in [5, 5.41) is 4.93. The maximum Gasteiger partial charge on any atom is 0.317 e. The van der Waals surface area contributed by atoms with Gasteiger partial charge in [-0.05, 0) is 11.4 Å². The van der Waals surface area contributed by atoms with Crippen LogP contribution >= 0.6 is 11.3 Å². The fraction of sp³-hybridized carbons (Fsp3) is 0.357. The molecule has 1 fully saturated rings. The molecule has 0 bridgehead atoms. The number of nitrogens with one attached hydrogen (secondary N) is 1. The smallest absolute Gasteiger partial charge is 0.317 e. The van der Waals surface area contributed by atoms with Gasteiger partial charge in [-0.3, -0.25) is 4.98 Å². The molecule has 0 spiro atoms. The second-order valence-corrected chi connectivity index (χ2v) is 5.79. The van der Waals surface area contributed by atoms with E-state index in [9.17, 15) is 4.79 Å². The Morgan fingerprint density at radius 2 is 2.48 bits per heavy atom. The number of hydrogen-bond donors (Lipinski definition) is 1. The first-order chi connectivity index (χ1) is 10.3. The Bertz CT molecular complexity index is 576. The molecule has 6 nitrogen and oxygen atoms in total. The van der Waals surface area contributed by atoms with Crippen LogP contribution < -0.4 is 10.1 Å². The molecular formula is C14H16N4O2S. The zero-order valence-corrected chi connectivity index (χ0v) is 12.3. The normalized spacial score (nSPS) is 17.7. The second kappa shape index (κ2) is 6.53. The van der Waals surface area contributed by atoms with Crippen molar-refractivity contribution in [3.63, 3.8) is 0 Å². The number of thiophene rings is 1. The highest BCUT2D eigenvalue weighted by molar-refractivity contribution is 7.09. The van der Waals surface area contributed by atoms with Crippen LogP contribution in [0.5, 0.6) is 5.88 Å². The average Bonchev–Trinajstić information content (AvgIpc) is 3.17. The zero-order valence-electron chi connectivity index (χ0n) is 11.4. The van der Waals surface area contributed by atoms with Crippen molar-refractivity contribution < 1.29 is 9.53 Å². The lowest BCUT2D eigenvalue weighted by atomic mass is 10.3. The molecule has 2 aromatic heterocycles. The van der Waals surface area contributed by atoms with Crippen LogP contribution in [-0.2, 0) is 6.54 Å². The predicted molar refractivity (Wildman–Crippen MR) is 79.2 cm³/mol. The summed E-state index contributed by atoms with van der Waals surface area (Å²) in [7, 11) is 0. The lowest BCUT2D eigenvalue weighted by Gasteiger charge is -2.17. The van der Waals surface area contributed by atoms with Crippen molar-refractivity contribution >= 4 is 17.4 Å². The SMILES string of the molecule is O=C(NCc1cccs1)N1CCC(Oc2cnccn2)C1. The van der Waals surface area contributed by atoms with Crippen LogP contribution in [-0.4, -0.2) is 40.1 Å². The number of nitrogens with zero attached hydrogens (tertiary/aromatic N) is 3. The minimum Gasteiger partial charge on any atom is -0.471 e. The Labute approximate surface area is 126 Å². The molecule has 21 heavy (non-hydrogen) atoms. The largest absolute Gasteiger partial charge is 0.471 e. The number of amides is 2. The molecule has 3 heterocycles. The van der Waals surface area contributed by atoms with Crippen molar-refractivity contribution in [1.82, 2.24) is 20.2 Å². The molecule has 2 amide bonds. The molecule has 0 aromatic carbocycles. The Morgan fingerprint density at radius 1 is 1.52 bits per heavy atom. The van der Waals surface area contributed by atoms with Gasteiger partial charge >= 0.3 is 6.03 Å². The topological polar surface area (TPSA) is 67.4 Å². The highest BCUT2D eigenvalue weighted by Crippen LogP contribution is 2.16. The van der Waals surface area contributed by atoms with Crippen LogP contribution in [0.4, 0.5) is 4.79 Å². The van der Waals surface area contributed by atoms with Gasteiger partial charge in [0, 0.05) is 30.2 Å². The summed E-state index contributed by atoms with van der Waals surface area (Å²) < 4.78 is 5.71. The van der Waals surface area contributed by atoms with Crippen LogP contribution in [0.1, 0.15) is 11.3 Å². The summed E-state index contributed by atoms with van der Waals surface area (Å²) in [6.07, 6.45) is 5.57. The number of hydrogen-bond acceptors (Lipinski definition) is 5. The minimum absolute atomic E-state index is 0.0193. The molecule has 0 saturated carbocycles. The molecule has 1 atom stereocenters. The Hall–Kier alpha value is -2.15. The van der Waals surface area contributed by atoms with E-state index in [1.54, 1.807) is 34.8 Å². The van der Waals surface area contributed by atoms with E-state index in [2.05, 4.69) is 15.3 Å². The third-order valence-electron chi connectivity index (χ3n) is 3.25. The monoisotopic (exact) mass is 304 g/mol. The zero-order chi connectivity index (χ0) is 14.5. The summed E-state index contributed by atoms with van der Waals surface area (Å²) in [5.41, 5.74) is 0. The van der Waals surface area contributed by atoms with Crippen molar-refractivity contribution in [2.75, 3.05) is 13.1 Å². The Kier molecular flexibility index (Phi) is 4.30. The van der Waals surface area contributed by atoms with Crippen LogP contribution in [0, 0.1) is 0 Å². The fourth-order valence-corrected chi connectivity index (χ4v) is 2.86. The van der Waals surface area contributed by atoms with Gasteiger partial charge in [-0.2, -0.15) is 0 Å². The van der Waals surface area contributed by atoms with Crippen LogP contribution in [0.15, 0.2) is 36.1 Å². The van der Waals surface area contributed by atoms with E-state index in [0.717, 1.165) is 11.3 Å². The first-order valence-electron chi connectivity index (χ1n) is 6.79. The van der Waals surface area contributed by atoms with Crippen LogP contribution in [0.25, 0.3) is 0 Å². The van der Waals surface area contributed by atoms with E-state index in [1.165, 1.54) is 0 Å². The third kappa shape index (κ3) is 3.69. The number of rotatable bonds is 4. The summed E-state index contributed by atoms with van der Waals surface area (Å²) in [6, 6.07) is 3.94. The summed E-state index contributed by atoms with van der Waals surface area (Å²) in [4.78, 5) is 23.0. The van der Waals surface area contributed by atoms with E-state index in [1.807, 2.05) is 17.5 Å². The van der Waals surface area contributed by atoms with Crippen molar-refractivity contribution in [2.45, 2.75) is 19.1 Å². The van der Waals surface area contributed by atoms with E-state index in [-0.39, 0.29) is 12.1 Å². The molecule has 110 valence electrons. The number of likely N-dealkylation sites (tertiary alicyclic amines) is 1. The van der Waals surface area contributed by atoms with E-state index >= 15 is 0 Å². The summed E-state index contributed by atoms with van der Waals surface area (Å²) in [6.45, 7) is 1.84. The van der Waals surface area contributed by atoms with Crippen molar-refractivity contribution in [3.05, 3.63) is 41.0 Å². The van der Waals surface area contributed by atoms with Gasteiger partial charge in [0.05, 0.1) is 19.3 Å². The summed E-state index contributed by atoms with van der Waals surface area (Å²) >= 11 is 1.64. The maximum absolute atomic E-state index is 12.1. The molecule has 1 unspecified atom stereocenters. The van der Waals surface area contributed by atoms with E-state index in [4.69, 9.17) is 4.74 Å². The van der Waals surface area contributed by atoms with Crippen molar-refractivity contribution in [3.8, 4) is 5.88 Å². The van der Waals surface area contributed by atoms with Gasteiger partial charge in [-0.15, -0.1) is 11.3 Å². The predicted octanol–water partition coefficient (Wildman–Crippen LogP) is 1.90. The van der Waals surface area contributed by atoms with Gasteiger partial charge in [0.1, 0.15) is 6.10 Å². The second-order valence-electron chi connectivity index (χ2n) is 4.76. The Morgan fingerprint density at radius 3 is 3.24 bits per heavy atom. The molecule has 1 saturated heterocycles. The quantitative estimate of drug-likeness (QED) is 0.937. The highest BCUT2D eigenvalue weighted by Gasteiger charge is 2.27. The summed E-state index contributed by atoms with van der Waals surface area (Å²) in [5.74, 6) is 0.503. The lowest BCUT2D eigenvalue weighted by molar-refractivity contribution is 0.182. The van der Waals surface area contributed by atoms with Gasteiger partial charge in [0.15, 0.2) is 0 Å². The molecule has 0 aliphatic carbocycles. The number of carbonyl (C=O) groups is 1. The van der Waals surface area contributed by atoms with Crippen molar-refractivity contribution in [2.24, 2.45) is 0 Å². The standard InChI is InChI=1S/C14H16N4O2S/c19-14(17-8-12-2-1-7-21-12)18-6-3-11(10-18)20-13-9-15-4-5-16-13/h1-2,4-5,7,9,11H,3,6,8,10H2,(H,17,19). The first-order valence-corrected chi connectivity index (χ1v) is 7.67. The van der Waals surface area contributed by atoms with Gasteiger partial charge in [-0.1, -0.05) is 6.07 Å². The molecule has 1 N–H and O–H groups in total. The fourth-order valence-electron chi connectivity index (χ4n) is 2.21. The number of aromatic nitrogens is 2. The minimum atomic E-state index is -0.0476. The number of carbonyl (C=O) groups excluding carboxylic acids is 1. The van der Waals surface area contributed by atoms with Gasteiger partial charge < -0.3 is 15.0 Å². The highest BCUT2D eigenvalue weighted by atomic mass is 32.1. The maximum atomic E-state index is 12.1. The van der Waals surface area contributed by atoms with E-state index < -0.39 is 0 Å².